The highest BCUT2D eigenvalue weighted by molar-refractivity contribution is 7.14. The molecule has 0 aromatic carbocycles. The molecule has 0 atom stereocenters. The number of thiophene rings is 1. The van der Waals surface area contributed by atoms with Gasteiger partial charge in [0.2, 0.25) is 0 Å². The molecule has 3 N–H and O–H groups in total. The number of hydrogen-bond donors (Lipinski definition) is 2. The molecule has 5 nitrogen and oxygen atoms in total. The molecule has 102 valence electrons. The van der Waals surface area contributed by atoms with Crippen LogP contribution in [0.5, 0.6) is 0 Å². The lowest BCUT2D eigenvalue weighted by molar-refractivity contribution is 0.0957. The van der Waals surface area contributed by atoms with E-state index in [1.54, 1.807) is 12.3 Å². The highest BCUT2D eigenvalue weighted by Crippen LogP contribution is 2.19. The van der Waals surface area contributed by atoms with Gasteiger partial charge >= 0.3 is 0 Å². The fourth-order valence-corrected chi connectivity index (χ4v) is 2.73. The van der Waals surface area contributed by atoms with E-state index in [0.29, 0.717) is 4.88 Å². The lowest BCUT2D eigenvalue weighted by Crippen LogP contribution is -2.29. The van der Waals surface area contributed by atoms with Gasteiger partial charge in [0, 0.05) is 11.4 Å². The second kappa shape index (κ2) is 6.51. The van der Waals surface area contributed by atoms with Crippen molar-refractivity contribution in [2.45, 2.75) is 20.0 Å². The van der Waals surface area contributed by atoms with Gasteiger partial charge < -0.3 is 4.42 Å². The molecule has 19 heavy (non-hydrogen) atoms. The minimum atomic E-state index is -0.245. The molecule has 6 heteroatoms. The van der Waals surface area contributed by atoms with Crippen LogP contribution in [0.1, 0.15) is 27.2 Å². The van der Waals surface area contributed by atoms with Crippen molar-refractivity contribution in [3.05, 3.63) is 46.0 Å². The van der Waals surface area contributed by atoms with Gasteiger partial charge in [-0.25, -0.2) is 5.84 Å². The van der Waals surface area contributed by atoms with E-state index in [0.717, 1.165) is 30.3 Å². The summed E-state index contributed by atoms with van der Waals surface area (Å²) in [5.74, 6) is 5.81. The Balaban J connectivity index is 1.98. The molecule has 2 heterocycles. The zero-order chi connectivity index (χ0) is 13.7. The Kier molecular flexibility index (Phi) is 4.73. The molecule has 0 unspecified atom stereocenters. The fraction of sp³-hybridized carbons (Fsp3) is 0.308. The molecule has 1 amide bonds. The first-order valence-electron chi connectivity index (χ1n) is 6.07. The monoisotopic (exact) mass is 279 g/mol. The summed E-state index contributed by atoms with van der Waals surface area (Å²) in [5, 5.41) is 0. The summed E-state index contributed by atoms with van der Waals surface area (Å²) in [6, 6.07) is 7.60. The quantitative estimate of drug-likeness (QED) is 0.482. The van der Waals surface area contributed by atoms with E-state index in [2.05, 4.69) is 17.2 Å². The van der Waals surface area contributed by atoms with Gasteiger partial charge in [-0.3, -0.25) is 15.1 Å². The van der Waals surface area contributed by atoms with Crippen LogP contribution in [0.4, 0.5) is 0 Å². The van der Waals surface area contributed by atoms with Crippen molar-refractivity contribution >= 4 is 17.2 Å². The highest BCUT2D eigenvalue weighted by atomic mass is 32.1. The second-order valence-corrected chi connectivity index (χ2v) is 5.29. The number of hydrazine groups is 1. The number of furan rings is 1. The summed E-state index contributed by atoms with van der Waals surface area (Å²) in [5.41, 5.74) is 2.14. The van der Waals surface area contributed by atoms with E-state index >= 15 is 0 Å². The molecule has 0 saturated heterocycles. The van der Waals surface area contributed by atoms with E-state index in [9.17, 15) is 4.79 Å². The largest absolute Gasteiger partial charge is 0.468 e. The first kappa shape index (κ1) is 13.8. The smallest absolute Gasteiger partial charge is 0.275 e. The average Bonchev–Trinajstić information content (AvgIpc) is 3.08. The second-order valence-electron chi connectivity index (χ2n) is 4.12. The van der Waals surface area contributed by atoms with E-state index in [4.69, 9.17) is 10.3 Å². The SMILES string of the molecule is CCN(Cc1ccco1)Cc1ccc(C(=O)NN)s1. The van der Waals surface area contributed by atoms with Gasteiger partial charge in [-0.1, -0.05) is 6.92 Å². The number of carbonyl (C=O) groups excluding carboxylic acids is 1. The van der Waals surface area contributed by atoms with Crippen molar-refractivity contribution in [3.63, 3.8) is 0 Å². The van der Waals surface area contributed by atoms with Gasteiger partial charge in [0.05, 0.1) is 17.7 Å². The van der Waals surface area contributed by atoms with Crippen molar-refractivity contribution in [3.8, 4) is 0 Å². The van der Waals surface area contributed by atoms with Crippen LogP contribution < -0.4 is 11.3 Å². The molecule has 0 aliphatic heterocycles. The molecule has 0 aliphatic carbocycles. The summed E-state index contributed by atoms with van der Waals surface area (Å²) in [6.07, 6.45) is 1.68. The molecule has 0 spiro atoms. The lowest BCUT2D eigenvalue weighted by Gasteiger charge is -2.17. The summed E-state index contributed by atoms with van der Waals surface area (Å²) in [7, 11) is 0. The summed E-state index contributed by atoms with van der Waals surface area (Å²) >= 11 is 1.46. The minimum absolute atomic E-state index is 0.245. The Morgan fingerprint density at radius 2 is 2.26 bits per heavy atom. The maximum Gasteiger partial charge on any atom is 0.275 e. The summed E-state index contributed by atoms with van der Waals surface area (Å²) in [6.45, 7) is 4.57. The molecular formula is C13H17N3O2S. The third kappa shape index (κ3) is 3.66. The number of hydrogen-bond acceptors (Lipinski definition) is 5. The Labute approximate surface area is 116 Å². The van der Waals surface area contributed by atoms with Crippen LogP contribution in [0.3, 0.4) is 0 Å². The van der Waals surface area contributed by atoms with Gasteiger partial charge in [-0.2, -0.15) is 0 Å². The number of nitrogen functional groups attached to an aromatic ring is 1. The lowest BCUT2D eigenvalue weighted by atomic mass is 10.3. The van der Waals surface area contributed by atoms with Crippen LogP contribution in [-0.2, 0) is 13.1 Å². The maximum absolute atomic E-state index is 11.4. The molecule has 0 radical (unpaired) electrons. The Bertz CT molecular complexity index is 522. The topological polar surface area (TPSA) is 71.5 Å². The minimum Gasteiger partial charge on any atom is -0.468 e. The van der Waals surface area contributed by atoms with Crippen LogP contribution in [0.25, 0.3) is 0 Å². The van der Waals surface area contributed by atoms with Gasteiger partial charge in [0.25, 0.3) is 5.91 Å². The number of carbonyl (C=O) groups is 1. The number of rotatable bonds is 6. The number of nitrogens with one attached hydrogen (secondary N) is 1. The number of nitrogens with zero attached hydrogens (tertiary/aromatic N) is 1. The average molecular weight is 279 g/mol. The molecule has 0 bridgehead atoms. The normalized spacial score (nSPS) is 10.9. The Morgan fingerprint density at radius 1 is 1.42 bits per heavy atom. The third-order valence-electron chi connectivity index (χ3n) is 2.80. The van der Waals surface area contributed by atoms with Crippen LogP contribution >= 0.6 is 11.3 Å². The molecule has 2 aromatic heterocycles. The van der Waals surface area contributed by atoms with Gasteiger partial charge in [-0.15, -0.1) is 11.3 Å². The van der Waals surface area contributed by atoms with E-state index < -0.39 is 0 Å². The Morgan fingerprint density at radius 3 is 2.89 bits per heavy atom. The summed E-state index contributed by atoms with van der Waals surface area (Å²) < 4.78 is 5.35. The predicted molar refractivity (Wildman–Crippen MR) is 74.5 cm³/mol. The summed E-state index contributed by atoms with van der Waals surface area (Å²) in [4.78, 5) is 15.4. The van der Waals surface area contributed by atoms with Crippen LogP contribution in [0.2, 0.25) is 0 Å². The van der Waals surface area contributed by atoms with Crippen molar-refractivity contribution in [1.82, 2.24) is 10.3 Å². The van der Waals surface area contributed by atoms with E-state index in [1.807, 2.05) is 18.2 Å². The zero-order valence-electron chi connectivity index (χ0n) is 10.8. The first-order chi connectivity index (χ1) is 9.22. The van der Waals surface area contributed by atoms with Crippen LogP contribution in [-0.4, -0.2) is 17.4 Å². The molecular weight excluding hydrogens is 262 g/mol. The Hall–Kier alpha value is -1.63. The van der Waals surface area contributed by atoms with Crippen molar-refractivity contribution in [2.24, 2.45) is 5.84 Å². The van der Waals surface area contributed by atoms with Crippen molar-refractivity contribution < 1.29 is 9.21 Å². The number of nitrogens with two attached hydrogens (primary N) is 1. The number of amides is 1. The van der Waals surface area contributed by atoms with Crippen LogP contribution in [0, 0.1) is 0 Å². The van der Waals surface area contributed by atoms with Gasteiger partial charge in [0.1, 0.15) is 5.76 Å². The predicted octanol–water partition coefficient (Wildman–Crippen LogP) is 1.97. The fourth-order valence-electron chi connectivity index (χ4n) is 1.78. The standard InChI is InChI=1S/C13H17N3O2S/c1-2-16(8-10-4-3-7-18-10)9-11-5-6-12(19-11)13(17)15-14/h3-7H,2,8-9,14H2,1H3,(H,15,17). The first-order valence-corrected chi connectivity index (χ1v) is 6.89. The van der Waals surface area contributed by atoms with Gasteiger partial charge in [-0.05, 0) is 30.8 Å². The zero-order valence-corrected chi connectivity index (χ0v) is 11.6. The van der Waals surface area contributed by atoms with E-state index in [-0.39, 0.29) is 5.91 Å². The van der Waals surface area contributed by atoms with Gasteiger partial charge in [0.15, 0.2) is 0 Å². The molecule has 0 aliphatic rings. The molecule has 0 fully saturated rings. The molecule has 2 aromatic rings. The van der Waals surface area contributed by atoms with Crippen molar-refractivity contribution in [2.75, 3.05) is 6.54 Å². The third-order valence-corrected chi connectivity index (χ3v) is 3.87. The van der Waals surface area contributed by atoms with Crippen LogP contribution in [0.15, 0.2) is 34.9 Å². The maximum atomic E-state index is 11.4. The molecule has 2 rings (SSSR count). The van der Waals surface area contributed by atoms with E-state index in [1.165, 1.54) is 11.3 Å². The highest BCUT2D eigenvalue weighted by Gasteiger charge is 2.11. The molecule has 0 saturated carbocycles. The van der Waals surface area contributed by atoms with Crippen molar-refractivity contribution in [1.29, 1.82) is 0 Å².